The van der Waals surface area contributed by atoms with Gasteiger partial charge in [-0.3, -0.25) is 0 Å². The maximum absolute atomic E-state index is 10.6. The van der Waals surface area contributed by atoms with Gasteiger partial charge in [0.05, 0.1) is 18.8 Å². The van der Waals surface area contributed by atoms with E-state index in [0.29, 0.717) is 0 Å². The predicted octanol–water partition coefficient (Wildman–Crippen LogP) is -5.52. The number of hydrogen-bond donors (Lipinski definition) is 9. The van der Waals surface area contributed by atoms with E-state index < -0.39 is 98.7 Å². The third-order valence-electron chi connectivity index (χ3n) is 6.02. The zero-order valence-corrected chi connectivity index (χ0v) is 17.4. The second-order valence-corrected chi connectivity index (χ2v) is 8.30. The van der Waals surface area contributed by atoms with Crippen LogP contribution >= 0.6 is 0 Å². The normalized spacial score (nSPS) is 55.0. The summed E-state index contributed by atoms with van der Waals surface area (Å²) in [5.74, 6) is 0. The van der Waals surface area contributed by atoms with Crippen LogP contribution in [-0.2, 0) is 23.7 Å². The van der Waals surface area contributed by atoms with E-state index in [0.717, 1.165) is 0 Å². The standard InChI is InChI=1S/C18H32O14/c1-4-7(20)10(23)12(25)17(28-4)31-14-9(22)6(3-19)30-16(27)15(14)32-18-13(26)11(24)8(21)5(2)29-18/h4-27H,3H2,1-2H3/t4-,5+,6-,7+,8-,9+,10+,11-,12-,13+,14+,15-,16?,17-,18+/m1/s1. The number of rotatable bonds is 5. The molecule has 0 saturated carbocycles. The van der Waals surface area contributed by atoms with E-state index >= 15 is 0 Å². The first-order valence-corrected chi connectivity index (χ1v) is 10.3. The van der Waals surface area contributed by atoms with Crippen LogP contribution in [0.5, 0.6) is 0 Å². The summed E-state index contributed by atoms with van der Waals surface area (Å²) < 4.78 is 27.0. The zero-order chi connectivity index (χ0) is 23.9. The molecule has 14 nitrogen and oxygen atoms in total. The molecule has 9 N–H and O–H groups in total. The van der Waals surface area contributed by atoms with Crippen molar-refractivity contribution < 1.29 is 69.6 Å². The SMILES string of the molecule is C[C@@H]1O[C@@H](O[C@H]2C(O)O[C@H](CO)[C@H](O)[C@@H]2O[C@H]2O[C@H](C)[C@H](O)[C@H](O)[C@H]2O)[C@@H](O)[C@H](O)[C@@H]1O. The van der Waals surface area contributed by atoms with Crippen molar-refractivity contribution in [3.05, 3.63) is 0 Å². The van der Waals surface area contributed by atoms with Crippen LogP contribution < -0.4 is 0 Å². The molecule has 0 aromatic rings. The first-order chi connectivity index (χ1) is 15.0. The van der Waals surface area contributed by atoms with Crippen LogP contribution in [0.4, 0.5) is 0 Å². The number of aliphatic hydroxyl groups excluding tert-OH is 9. The zero-order valence-electron chi connectivity index (χ0n) is 17.4. The highest BCUT2D eigenvalue weighted by atomic mass is 16.8. The minimum Gasteiger partial charge on any atom is -0.394 e. The van der Waals surface area contributed by atoms with Gasteiger partial charge in [0.15, 0.2) is 18.9 Å². The topological polar surface area (TPSA) is 228 Å². The van der Waals surface area contributed by atoms with Crippen molar-refractivity contribution in [1.29, 1.82) is 0 Å². The molecule has 3 saturated heterocycles. The quantitative estimate of drug-likeness (QED) is 0.182. The summed E-state index contributed by atoms with van der Waals surface area (Å²) in [6.45, 7) is 2.10. The third kappa shape index (κ3) is 4.94. The smallest absolute Gasteiger partial charge is 0.187 e. The molecule has 3 fully saturated rings. The highest BCUT2D eigenvalue weighted by Crippen LogP contribution is 2.32. The van der Waals surface area contributed by atoms with Crippen molar-refractivity contribution in [2.45, 2.75) is 106 Å². The van der Waals surface area contributed by atoms with Crippen molar-refractivity contribution in [3.63, 3.8) is 0 Å². The highest BCUT2D eigenvalue weighted by Gasteiger charge is 2.53. The summed E-state index contributed by atoms with van der Waals surface area (Å²) >= 11 is 0. The summed E-state index contributed by atoms with van der Waals surface area (Å²) in [4.78, 5) is 0. The van der Waals surface area contributed by atoms with Crippen molar-refractivity contribution in [3.8, 4) is 0 Å². The van der Waals surface area contributed by atoms with E-state index in [2.05, 4.69) is 0 Å². The van der Waals surface area contributed by atoms with Crippen LogP contribution in [0.1, 0.15) is 13.8 Å². The summed E-state index contributed by atoms with van der Waals surface area (Å²) in [6.07, 6.45) is -22.6. The van der Waals surface area contributed by atoms with Crippen LogP contribution in [0.25, 0.3) is 0 Å². The van der Waals surface area contributed by atoms with Crippen molar-refractivity contribution in [1.82, 2.24) is 0 Å². The van der Waals surface area contributed by atoms with Gasteiger partial charge in [-0.25, -0.2) is 0 Å². The maximum Gasteiger partial charge on any atom is 0.187 e. The van der Waals surface area contributed by atoms with Crippen LogP contribution in [0.15, 0.2) is 0 Å². The number of ether oxygens (including phenoxy) is 5. The van der Waals surface area contributed by atoms with Crippen molar-refractivity contribution in [2.24, 2.45) is 0 Å². The Morgan fingerprint density at radius 1 is 0.562 bits per heavy atom. The molecule has 0 radical (unpaired) electrons. The van der Waals surface area contributed by atoms with Crippen molar-refractivity contribution >= 4 is 0 Å². The van der Waals surface area contributed by atoms with Gasteiger partial charge < -0.3 is 69.6 Å². The van der Waals surface area contributed by atoms with Gasteiger partial charge >= 0.3 is 0 Å². The summed E-state index contributed by atoms with van der Waals surface area (Å²) in [7, 11) is 0. The Balaban J connectivity index is 1.81. The lowest BCUT2D eigenvalue weighted by Crippen LogP contribution is -2.66. The van der Waals surface area contributed by atoms with E-state index in [9.17, 15) is 46.0 Å². The molecule has 3 aliphatic heterocycles. The van der Waals surface area contributed by atoms with Crippen LogP contribution in [0, 0.1) is 0 Å². The molecule has 1 unspecified atom stereocenters. The van der Waals surface area contributed by atoms with Crippen LogP contribution in [-0.4, -0.2) is 145 Å². The minimum atomic E-state index is -1.83. The van der Waals surface area contributed by atoms with Crippen LogP contribution in [0.3, 0.4) is 0 Å². The van der Waals surface area contributed by atoms with Gasteiger partial charge in [-0.05, 0) is 13.8 Å². The third-order valence-corrected chi connectivity index (χ3v) is 6.02. The molecule has 32 heavy (non-hydrogen) atoms. The Morgan fingerprint density at radius 2 is 1.00 bits per heavy atom. The Kier molecular flexibility index (Phi) is 8.44. The Bertz CT molecular complexity index is 610. The second-order valence-electron chi connectivity index (χ2n) is 8.30. The monoisotopic (exact) mass is 472 g/mol. The molecule has 0 aromatic heterocycles. The largest absolute Gasteiger partial charge is 0.394 e. The average Bonchev–Trinajstić information content (AvgIpc) is 2.76. The highest BCUT2D eigenvalue weighted by molar-refractivity contribution is 4.95. The molecule has 3 rings (SSSR count). The Morgan fingerprint density at radius 3 is 1.44 bits per heavy atom. The fourth-order valence-electron chi connectivity index (χ4n) is 3.92. The lowest BCUT2D eigenvalue weighted by atomic mass is 9.96. The van der Waals surface area contributed by atoms with Gasteiger partial charge in [0.25, 0.3) is 0 Å². The predicted molar refractivity (Wildman–Crippen MR) is 98.4 cm³/mol. The molecule has 3 aliphatic rings. The van der Waals surface area contributed by atoms with E-state index in [1.54, 1.807) is 0 Å². The first kappa shape index (κ1) is 26.1. The van der Waals surface area contributed by atoms with Gasteiger partial charge in [-0.2, -0.15) is 0 Å². The molecule has 3 heterocycles. The van der Waals surface area contributed by atoms with Gasteiger partial charge in [-0.15, -0.1) is 0 Å². The maximum atomic E-state index is 10.6. The Labute approximate surface area is 183 Å². The minimum absolute atomic E-state index is 0.721. The molecular formula is C18H32O14. The molecule has 188 valence electrons. The van der Waals surface area contributed by atoms with Gasteiger partial charge in [0.2, 0.25) is 0 Å². The van der Waals surface area contributed by atoms with Gasteiger partial charge in [-0.1, -0.05) is 0 Å². The van der Waals surface area contributed by atoms with Crippen LogP contribution in [0.2, 0.25) is 0 Å². The van der Waals surface area contributed by atoms with E-state index in [1.165, 1.54) is 13.8 Å². The molecule has 0 aliphatic carbocycles. The average molecular weight is 472 g/mol. The van der Waals surface area contributed by atoms with E-state index in [4.69, 9.17) is 23.7 Å². The fourth-order valence-corrected chi connectivity index (χ4v) is 3.92. The van der Waals surface area contributed by atoms with Gasteiger partial charge in [0, 0.05) is 0 Å². The van der Waals surface area contributed by atoms with Crippen molar-refractivity contribution in [2.75, 3.05) is 6.61 Å². The Hall–Kier alpha value is -0.560. The molecule has 15 atom stereocenters. The molecule has 0 spiro atoms. The summed E-state index contributed by atoms with van der Waals surface area (Å²) in [5.41, 5.74) is 0. The molecule has 0 bridgehead atoms. The molecule has 0 amide bonds. The van der Waals surface area contributed by atoms with Gasteiger partial charge in [0.1, 0.15) is 61.0 Å². The number of hydrogen-bond acceptors (Lipinski definition) is 14. The molecule has 14 heteroatoms. The summed E-state index contributed by atoms with van der Waals surface area (Å²) in [6, 6.07) is 0. The lowest BCUT2D eigenvalue weighted by molar-refractivity contribution is -0.385. The van der Waals surface area contributed by atoms with E-state index in [1.807, 2.05) is 0 Å². The molecule has 0 aromatic carbocycles. The van der Waals surface area contributed by atoms with E-state index in [-0.39, 0.29) is 0 Å². The first-order valence-electron chi connectivity index (χ1n) is 10.3. The molecular weight excluding hydrogens is 440 g/mol. The second kappa shape index (κ2) is 10.4. The summed E-state index contributed by atoms with van der Waals surface area (Å²) in [5, 5.41) is 90.6. The fraction of sp³-hybridized carbons (Fsp3) is 1.00. The number of aliphatic hydroxyl groups is 9. The lowest BCUT2D eigenvalue weighted by Gasteiger charge is -2.48.